The molecule has 0 bridgehead atoms. The summed E-state index contributed by atoms with van der Waals surface area (Å²) >= 11 is 0. The van der Waals surface area contributed by atoms with Gasteiger partial charge in [0, 0.05) is 0 Å². The lowest BCUT2D eigenvalue weighted by molar-refractivity contribution is 0.467. The highest BCUT2D eigenvalue weighted by Gasteiger charge is 2.06. The molecule has 0 saturated carbocycles. The first-order valence-electron chi connectivity index (χ1n) is 5.19. The molecule has 1 N–H and O–H groups in total. The number of aromatic hydroxyl groups is 1. The number of phenolic OH excluding ortho intramolecular Hbond substituents is 1. The van der Waals surface area contributed by atoms with Gasteiger partial charge in [-0.25, -0.2) is 0 Å². The second-order valence-electron chi connectivity index (χ2n) is 3.95. The summed E-state index contributed by atoms with van der Waals surface area (Å²) in [5.41, 5.74) is 4.26. The van der Waals surface area contributed by atoms with Crippen LogP contribution in [0, 0.1) is 20.3 Å². The fourth-order valence-corrected chi connectivity index (χ4v) is 1.84. The van der Waals surface area contributed by atoms with Gasteiger partial charge in [0.15, 0.2) is 0 Å². The Morgan fingerprint density at radius 2 is 1.80 bits per heavy atom. The van der Waals surface area contributed by atoms with Crippen molar-refractivity contribution in [2.24, 2.45) is 0 Å². The molecule has 0 heterocycles. The third kappa shape index (κ3) is 1.96. The molecule has 0 aliphatic heterocycles. The number of allylic oxidation sites excluding steroid dienone is 4. The maximum absolute atomic E-state index is 9.68. The molecule has 0 unspecified atom stereocenters. The molecule has 0 amide bonds. The Balaban J connectivity index is 2.45. The zero-order valence-corrected chi connectivity index (χ0v) is 9.12. The van der Waals surface area contributed by atoms with Gasteiger partial charge in [-0.2, -0.15) is 0 Å². The topological polar surface area (TPSA) is 20.2 Å². The van der Waals surface area contributed by atoms with E-state index in [1.165, 1.54) is 11.1 Å². The first-order chi connectivity index (χ1) is 7.18. The van der Waals surface area contributed by atoms with Gasteiger partial charge in [-0.15, -0.1) is 0 Å². The van der Waals surface area contributed by atoms with Crippen LogP contribution < -0.4 is 0 Å². The second kappa shape index (κ2) is 3.93. The van der Waals surface area contributed by atoms with E-state index in [4.69, 9.17) is 0 Å². The van der Waals surface area contributed by atoms with E-state index in [0.717, 1.165) is 17.5 Å². The molecule has 0 spiro atoms. The van der Waals surface area contributed by atoms with Gasteiger partial charge in [-0.05, 0) is 61.1 Å². The van der Waals surface area contributed by atoms with Crippen molar-refractivity contribution in [1.82, 2.24) is 0 Å². The zero-order chi connectivity index (χ0) is 10.8. The Labute approximate surface area is 90.8 Å². The van der Waals surface area contributed by atoms with E-state index in [-0.39, 0.29) is 0 Å². The molecule has 0 fully saturated rings. The summed E-state index contributed by atoms with van der Waals surface area (Å²) < 4.78 is 0. The molecular weight excluding hydrogens is 184 g/mol. The van der Waals surface area contributed by atoms with Crippen LogP contribution in [0.3, 0.4) is 0 Å². The van der Waals surface area contributed by atoms with Gasteiger partial charge in [0.25, 0.3) is 0 Å². The third-order valence-corrected chi connectivity index (χ3v) is 2.69. The van der Waals surface area contributed by atoms with Crippen LogP contribution in [0.5, 0.6) is 5.75 Å². The van der Waals surface area contributed by atoms with Crippen LogP contribution in [0.2, 0.25) is 0 Å². The van der Waals surface area contributed by atoms with Crippen molar-refractivity contribution < 1.29 is 5.11 Å². The molecule has 15 heavy (non-hydrogen) atoms. The van der Waals surface area contributed by atoms with Crippen molar-refractivity contribution in [3.8, 4) is 5.75 Å². The van der Waals surface area contributed by atoms with Crippen LogP contribution >= 0.6 is 0 Å². The average molecular weight is 199 g/mol. The predicted octanol–water partition coefficient (Wildman–Crippen LogP) is 3.56. The normalized spacial score (nSPS) is 15.2. The SMILES string of the molecule is Cc1cc(C2=C[CH]CC=C2)cc(C)c1O. The van der Waals surface area contributed by atoms with Gasteiger partial charge >= 0.3 is 0 Å². The van der Waals surface area contributed by atoms with Crippen molar-refractivity contribution in [3.05, 3.63) is 53.5 Å². The van der Waals surface area contributed by atoms with Gasteiger partial charge in [0.2, 0.25) is 0 Å². The van der Waals surface area contributed by atoms with E-state index in [9.17, 15) is 5.11 Å². The summed E-state index contributed by atoms with van der Waals surface area (Å²) in [5, 5.41) is 9.68. The second-order valence-corrected chi connectivity index (χ2v) is 3.95. The standard InChI is InChI=1S/C14H15O/c1-10-8-13(9-11(2)14(10)15)12-6-4-3-5-7-12/h4-9,15H,3H2,1-2H3. The lowest BCUT2D eigenvalue weighted by Gasteiger charge is -2.10. The minimum atomic E-state index is 0.406. The highest BCUT2D eigenvalue weighted by Crippen LogP contribution is 2.28. The number of phenols is 1. The van der Waals surface area contributed by atoms with E-state index >= 15 is 0 Å². The first kappa shape index (κ1) is 10.0. The summed E-state index contributed by atoms with van der Waals surface area (Å²) in [5.74, 6) is 0.406. The van der Waals surface area contributed by atoms with Crippen LogP contribution in [0.25, 0.3) is 5.57 Å². The van der Waals surface area contributed by atoms with E-state index in [0.29, 0.717) is 5.75 Å². The Bertz CT molecular complexity index is 416. The third-order valence-electron chi connectivity index (χ3n) is 2.69. The quantitative estimate of drug-likeness (QED) is 0.733. The summed E-state index contributed by atoms with van der Waals surface area (Å²) in [6.45, 7) is 3.87. The molecule has 1 aromatic carbocycles. The molecule has 2 rings (SSSR count). The van der Waals surface area contributed by atoms with Crippen molar-refractivity contribution >= 4 is 5.57 Å². The summed E-state index contributed by atoms with van der Waals surface area (Å²) in [4.78, 5) is 0. The van der Waals surface area contributed by atoms with E-state index in [1.54, 1.807) is 0 Å². The molecule has 1 aromatic rings. The van der Waals surface area contributed by atoms with E-state index < -0.39 is 0 Å². The fourth-order valence-electron chi connectivity index (χ4n) is 1.84. The molecule has 1 nitrogen and oxygen atoms in total. The number of hydrogen-bond donors (Lipinski definition) is 1. The Hall–Kier alpha value is -1.50. The fraction of sp³-hybridized carbons (Fsp3) is 0.214. The highest BCUT2D eigenvalue weighted by molar-refractivity contribution is 5.77. The van der Waals surface area contributed by atoms with Crippen molar-refractivity contribution in [1.29, 1.82) is 0 Å². The minimum absolute atomic E-state index is 0.406. The Kier molecular flexibility index (Phi) is 2.63. The average Bonchev–Trinajstić information content (AvgIpc) is 2.26. The van der Waals surface area contributed by atoms with E-state index in [1.807, 2.05) is 26.0 Å². The van der Waals surface area contributed by atoms with Crippen LogP contribution in [0.4, 0.5) is 0 Å². The largest absolute Gasteiger partial charge is 0.507 e. The zero-order valence-electron chi connectivity index (χ0n) is 9.12. The monoisotopic (exact) mass is 199 g/mol. The predicted molar refractivity (Wildman–Crippen MR) is 63.6 cm³/mol. The Morgan fingerprint density at radius 3 is 2.33 bits per heavy atom. The molecule has 0 atom stereocenters. The minimum Gasteiger partial charge on any atom is -0.507 e. The smallest absolute Gasteiger partial charge is 0.121 e. The number of rotatable bonds is 1. The van der Waals surface area contributed by atoms with Gasteiger partial charge in [0.05, 0.1) is 0 Å². The molecular formula is C14H15O. The number of benzene rings is 1. The summed E-state index contributed by atoms with van der Waals surface area (Å²) in [6, 6.07) is 4.05. The van der Waals surface area contributed by atoms with Crippen molar-refractivity contribution in [2.75, 3.05) is 0 Å². The van der Waals surface area contributed by atoms with Crippen LogP contribution in [-0.4, -0.2) is 5.11 Å². The van der Waals surface area contributed by atoms with Gasteiger partial charge in [-0.3, -0.25) is 0 Å². The maximum atomic E-state index is 9.68. The molecule has 1 radical (unpaired) electrons. The van der Waals surface area contributed by atoms with Gasteiger partial charge in [-0.1, -0.05) is 18.2 Å². The van der Waals surface area contributed by atoms with E-state index in [2.05, 4.69) is 24.6 Å². The molecule has 77 valence electrons. The van der Waals surface area contributed by atoms with Crippen LogP contribution in [0.1, 0.15) is 23.1 Å². The molecule has 1 aliphatic carbocycles. The lowest BCUT2D eigenvalue weighted by Crippen LogP contribution is -1.90. The number of aryl methyl sites for hydroxylation is 2. The molecule has 1 heteroatoms. The van der Waals surface area contributed by atoms with Crippen LogP contribution in [0.15, 0.2) is 30.4 Å². The van der Waals surface area contributed by atoms with Crippen molar-refractivity contribution in [2.45, 2.75) is 20.3 Å². The highest BCUT2D eigenvalue weighted by atomic mass is 16.3. The first-order valence-corrected chi connectivity index (χ1v) is 5.19. The summed E-state index contributed by atoms with van der Waals surface area (Å²) in [7, 11) is 0. The number of hydrogen-bond acceptors (Lipinski definition) is 1. The van der Waals surface area contributed by atoms with Crippen LogP contribution in [-0.2, 0) is 0 Å². The summed E-state index contributed by atoms with van der Waals surface area (Å²) in [6.07, 6.45) is 9.57. The van der Waals surface area contributed by atoms with Crippen molar-refractivity contribution in [3.63, 3.8) is 0 Å². The molecule has 0 saturated heterocycles. The maximum Gasteiger partial charge on any atom is 0.121 e. The molecule has 0 aromatic heterocycles. The van der Waals surface area contributed by atoms with Gasteiger partial charge < -0.3 is 5.11 Å². The molecule has 1 aliphatic rings. The van der Waals surface area contributed by atoms with Gasteiger partial charge in [0.1, 0.15) is 5.75 Å². The Morgan fingerprint density at radius 1 is 1.13 bits per heavy atom. The lowest BCUT2D eigenvalue weighted by atomic mass is 9.96.